The Balaban J connectivity index is 0.897. The fourth-order valence-electron chi connectivity index (χ4n) is 6.82. The summed E-state index contributed by atoms with van der Waals surface area (Å²) >= 11 is 0. The second kappa shape index (κ2) is 17.8. The van der Waals surface area contributed by atoms with Crippen LogP contribution in [-0.2, 0) is 12.8 Å². The van der Waals surface area contributed by atoms with E-state index in [9.17, 15) is 26.3 Å². The number of hydrogen-bond acceptors (Lipinski definition) is 1. The van der Waals surface area contributed by atoms with Crippen molar-refractivity contribution in [2.24, 2.45) is 0 Å². The smallest absolute Gasteiger partial charge is 0.222 e. The van der Waals surface area contributed by atoms with E-state index >= 15 is 0 Å². The lowest BCUT2D eigenvalue weighted by Crippen LogP contribution is -1.94. The molecule has 6 rings (SSSR count). The van der Waals surface area contributed by atoms with Crippen LogP contribution in [0, 0.1) is 52.8 Å². The van der Waals surface area contributed by atoms with E-state index in [-0.39, 0.29) is 33.5 Å². The quantitative estimate of drug-likeness (QED) is 0.0620. The molecular weight excluding hydrogens is 707 g/mol. The molecule has 2 nitrogen and oxygen atoms in total. The molecule has 0 aliphatic carbocycles. The fourth-order valence-corrected chi connectivity index (χ4v) is 6.82. The minimum atomic E-state index is -0.831. The summed E-state index contributed by atoms with van der Waals surface area (Å²) in [6.07, 6.45) is 9.50. The molecule has 8 heteroatoms. The lowest BCUT2D eigenvalue weighted by Gasteiger charge is -2.10. The van der Waals surface area contributed by atoms with E-state index in [1.807, 2.05) is 48.5 Å². The predicted octanol–water partition coefficient (Wildman–Crippen LogP) is 14.1. The van der Waals surface area contributed by atoms with Gasteiger partial charge in [0, 0.05) is 0 Å². The summed E-state index contributed by atoms with van der Waals surface area (Å²) in [7, 11) is 0. The van der Waals surface area contributed by atoms with Crippen molar-refractivity contribution in [2.75, 3.05) is 0 Å². The Hall–Kier alpha value is -6.12. The molecular formula is C47H36F6N2. The largest absolute Gasteiger partial charge is 0.235 e. The Bertz CT molecular complexity index is 2170. The molecule has 0 aliphatic heterocycles. The molecule has 0 heterocycles. The van der Waals surface area contributed by atoms with Gasteiger partial charge in [-0.05, 0) is 113 Å². The normalized spacial score (nSPS) is 11.0. The zero-order valence-electron chi connectivity index (χ0n) is 29.9. The Morgan fingerprint density at radius 2 is 0.782 bits per heavy atom. The summed E-state index contributed by atoms with van der Waals surface area (Å²) < 4.78 is 88.1. The molecule has 0 unspecified atom stereocenters. The van der Waals surface area contributed by atoms with Gasteiger partial charge in [-0.15, -0.1) is 0 Å². The van der Waals surface area contributed by atoms with E-state index < -0.39 is 34.9 Å². The first kappa shape index (κ1) is 38.6. The number of hydrogen-bond donors (Lipinski definition) is 0. The first-order valence-corrected chi connectivity index (χ1v) is 18.2. The van der Waals surface area contributed by atoms with E-state index in [4.69, 9.17) is 11.8 Å². The second-order valence-electron chi connectivity index (χ2n) is 13.6. The van der Waals surface area contributed by atoms with Gasteiger partial charge in [-0.1, -0.05) is 98.8 Å². The molecule has 6 aromatic carbocycles. The number of aryl methyl sites for hydroxylation is 2. The highest BCUT2D eigenvalue weighted by molar-refractivity contribution is 5.74. The molecule has 0 saturated heterocycles. The van der Waals surface area contributed by atoms with Crippen LogP contribution in [0.3, 0.4) is 0 Å². The molecule has 0 saturated carbocycles. The number of halogens is 6. The Morgan fingerprint density at radius 1 is 0.418 bits per heavy atom. The number of rotatable bonds is 14. The van der Waals surface area contributed by atoms with Crippen molar-refractivity contribution < 1.29 is 26.3 Å². The average Bonchev–Trinajstić information content (AvgIpc) is 3.17. The van der Waals surface area contributed by atoms with Crippen molar-refractivity contribution >= 4 is 5.69 Å². The van der Waals surface area contributed by atoms with Gasteiger partial charge in [0.25, 0.3) is 0 Å². The lowest BCUT2D eigenvalue weighted by molar-refractivity contribution is 0.579. The van der Waals surface area contributed by atoms with Gasteiger partial charge in [-0.25, -0.2) is 31.2 Å². The third kappa shape index (κ3) is 9.34. The standard InChI is InChI=1S/C47H36F6N2/c1-55-45-22-21-35(24-40(45)49)47-43(52)27-38(28-44(47)53)33-17-13-31(14-18-33)10-8-6-4-2-3-5-7-9-30-11-15-32(16-12-30)37-25-41(50)46(42(51)26-37)34-19-20-36(29-54)39(48)23-34/h11-28H,2-10H2. The Labute approximate surface area is 317 Å². The number of unbranched alkanes of at least 4 members (excludes halogenated alkanes) is 6. The van der Waals surface area contributed by atoms with E-state index in [2.05, 4.69) is 4.85 Å². The van der Waals surface area contributed by atoms with Crippen LogP contribution in [0.4, 0.5) is 32.0 Å². The molecule has 0 atom stereocenters. The molecule has 0 amide bonds. The van der Waals surface area contributed by atoms with E-state index in [0.29, 0.717) is 22.3 Å². The van der Waals surface area contributed by atoms with E-state index in [1.165, 1.54) is 48.5 Å². The van der Waals surface area contributed by atoms with E-state index in [1.54, 1.807) is 6.07 Å². The summed E-state index contributed by atoms with van der Waals surface area (Å²) in [4.78, 5) is 3.05. The van der Waals surface area contributed by atoms with Crippen molar-refractivity contribution in [2.45, 2.75) is 57.8 Å². The highest BCUT2D eigenvalue weighted by atomic mass is 19.2. The van der Waals surface area contributed by atoms with Gasteiger partial charge >= 0.3 is 0 Å². The SMILES string of the molecule is [C-]#[N+]c1ccc(-c2c(F)cc(-c3ccc(CCCCCCCCCc4ccc(-c5cc(F)c(-c6ccc(C#N)c(F)c6)c(F)c5)cc4)cc3)cc2F)cc1F. The zero-order valence-corrected chi connectivity index (χ0v) is 29.9. The number of nitriles is 1. The number of nitrogens with zero attached hydrogens (tertiary/aromatic N) is 2. The number of benzene rings is 6. The maximum Gasteiger partial charge on any atom is 0.222 e. The van der Waals surface area contributed by atoms with Gasteiger partial charge in [0.1, 0.15) is 41.0 Å². The summed E-state index contributed by atoms with van der Waals surface area (Å²) in [5.74, 6) is -4.88. The van der Waals surface area contributed by atoms with Crippen molar-refractivity contribution in [1.29, 1.82) is 5.26 Å². The van der Waals surface area contributed by atoms with Gasteiger partial charge in [0.05, 0.1) is 23.3 Å². The third-order valence-corrected chi connectivity index (χ3v) is 9.82. The Kier molecular flexibility index (Phi) is 12.5. The van der Waals surface area contributed by atoms with Crippen molar-refractivity contribution in [1.82, 2.24) is 0 Å². The molecule has 0 fully saturated rings. The fraction of sp³-hybridized carbons (Fsp3) is 0.191. The first-order valence-electron chi connectivity index (χ1n) is 18.2. The highest BCUT2D eigenvalue weighted by Gasteiger charge is 2.18. The topological polar surface area (TPSA) is 28.1 Å². The van der Waals surface area contributed by atoms with Crippen molar-refractivity contribution in [3.05, 3.63) is 172 Å². The lowest BCUT2D eigenvalue weighted by atomic mass is 9.96. The molecule has 0 aromatic heterocycles. The summed E-state index contributed by atoms with van der Waals surface area (Å²) in [6.45, 7) is 6.96. The maximum absolute atomic E-state index is 15.0. The minimum Gasteiger partial charge on any atom is -0.235 e. The van der Waals surface area contributed by atoms with Gasteiger partial charge in [0.2, 0.25) is 5.69 Å². The van der Waals surface area contributed by atoms with Crippen LogP contribution in [0.25, 0.3) is 49.4 Å². The minimum absolute atomic E-state index is 0.0286. The summed E-state index contributed by atoms with van der Waals surface area (Å²) in [6, 6.07) is 28.9. The Morgan fingerprint density at radius 3 is 1.16 bits per heavy atom. The van der Waals surface area contributed by atoms with Crippen molar-refractivity contribution in [3.63, 3.8) is 0 Å². The molecule has 0 bridgehead atoms. The van der Waals surface area contributed by atoms with Gasteiger partial charge in [-0.2, -0.15) is 5.26 Å². The molecule has 0 N–H and O–H groups in total. The first-order chi connectivity index (χ1) is 26.6. The molecule has 276 valence electrons. The third-order valence-electron chi connectivity index (χ3n) is 9.82. The van der Waals surface area contributed by atoms with Crippen LogP contribution in [-0.4, -0.2) is 0 Å². The molecule has 55 heavy (non-hydrogen) atoms. The van der Waals surface area contributed by atoms with Crippen LogP contribution in [0.15, 0.2) is 109 Å². The molecule has 0 aliphatic rings. The van der Waals surface area contributed by atoms with Crippen LogP contribution >= 0.6 is 0 Å². The van der Waals surface area contributed by atoms with Crippen LogP contribution in [0.2, 0.25) is 0 Å². The molecule has 0 spiro atoms. The van der Waals surface area contributed by atoms with Gasteiger partial charge in [0.15, 0.2) is 0 Å². The van der Waals surface area contributed by atoms with Crippen LogP contribution in [0.5, 0.6) is 0 Å². The second-order valence-corrected chi connectivity index (χ2v) is 13.6. The highest BCUT2D eigenvalue weighted by Crippen LogP contribution is 2.34. The van der Waals surface area contributed by atoms with Crippen LogP contribution in [0.1, 0.15) is 61.6 Å². The average molecular weight is 743 g/mol. The molecule has 0 radical (unpaired) electrons. The van der Waals surface area contributed by atoms with Crippen LogP contribution < -0.4 is 0 Å². The molecule has 6 aromatic rings. The predicted molar refractivity (Wildman–Crippen MR) is 205 cm³/mol. The van der Waals surface area contributed by atoms with Gasteiger partial charge < -0.3 is 0 Å². The zero-order chi connectivity index (χ0) is 38.9. The summed E-state index contributed by atoms with van der Waals surface area (Å²) in [5, 5.41) is 8.92. The summed E-state index contributed by atoms with van der Waals surface area (Å²) in [5.41, 5.74) is 3.42. The van der Waals surface area contributed by atoms with E-state index in [0.717, 1.165) is 81.0 Å². The van der Waals surface area contributed by atoms with Gasteiger partial charge in [-0.3, -0.25) is 0 Å². The monoisotopic (exact) mass is 742 g/mol. The maximum atomic E-state index is 15.0. The van der Waals surface area contributed by atoms with Crippen molar-refractivity contribution in [3.8, 4) is 50.6 Å².